The summed E-state index contributed by atoms with van der Waals surface area (Å²) in [5.74, 6) is -0.439. The SMILES string of the molecule is CCC(C(=O)O)N(C)C(=O)Nc1cc(OC)ccc1Br. The van der Waals surface area contributed by atoms with Crippen LogP contribution in [-0.2, 0) is 4.79 Å². The van der Waals surface area contributed by atoms with Crippen LogP contribution in [0.2, 0.25) is 0 Å². The first-order valence-electron chi connectivity index (χ1n) is 6.00. The van der Waals surface area contributed by atoms with Crippen molar-refractivity contribution in [2.45, 2.75) is 19.4 Å². The molecule has 0 heterocycles. The summed E-state index contributed by atoms with van der Waals surface area (Å²) >= 11 is 3.32. The fourth-order valence-electron chi connectivity index (χ4n) is 1.69. The van der Waals surface area contributed by atoms with E-state index < -0.39 is 18.0 Å². The zero-order valence-corrected chi connectivity index (χ0v) is 13.1. The van der Waals surface area contributed by atoms with E-state index in [4.69, 9.17) is 9.84 Å². The molecule has 0 aromatic heterocycles. The predicted octanol–water partition coefficient (Wildman–Crippen LogP) is 2.78. The minimum atomic E-state index is -1.03. The third-order valence-corrected chi connectivity index (χ3v) is 3.57. The molecule has 0 radical (unpaired) electrons. The van der Waals surface area contributed by atoms with Gasteiger partial charge in [0.15, 0.2) is 0 Å². The maximum atomic E-state index is 12.1. The van der Waals surface area contributed by atoms with Crippen molar-refractivity contribution >= 4 is 33.6 Å². The number of urea groups is 1. The van der Waals surface area contributed by atoms with Gasteiger partial charge >= 0.3 is 12.0 Å². The summed E-state index contributed by atoms with van der Waals surface area (Å²) in [5.41, 5.74) is 0.515. The lowest BCUT2D eigenvalue weighted by atomic mass is 10.2. The minimum Gasteiger partial charge on any atom is -0.497 e. The number of amides is 2. The Bertz CT molecular complexity index is 507. The molecule has 1 atom stereocenters. The zero-order chi connectivity index (χ0) is 15.3. The van der Waals surface area contributed by atoms with E-state index in [1.165, 1.54) is 14.2 Å². The molecule has 2 amide bonds. The van der Waals surface area contributed by atoms with Crippen LogP contribution in [0.3, 0.4) is 0 Å². The number of nitrogens with one attached hydrogen (secondary N) is 1. The van der Waals surface area contributed by atoms with Crippen LogP contribution in [0.4, 0.5) is 10.5 Å². The van der Waals surface area contributed by atoms with Crippen molar-refractivity contribution in [3.05, 3.63) is 22.7 Å². The number of carboxylic acid groups (broad SMARTS) is 1. The number of anilines is 1. The summed E-state index contributed by atoms with van der Waals surface area (Å²) < 4.78 is 5.76. The molecule has 0 fully saturated rings. The zero-order valence-electron chi connectivity index (χ0n) is 11.5. The summed E-state index contributed by atoms with van der Waals surface area (Å²) in [6.45, 7) is 1.71. The monoisotopic (exact) mass is 344 g/mol. The van der Waals surface area contributed by atoms with Crippen molar-refractivity contribution in [2.75, 3.05) is 19.5 Å². The van der Waals surface area contributed by atoms with Gasteiger partial charge in [0.2, 0.25) is 0 Å². The number of hydrogen-bond acceptors (Lipinski definition) is 3. The molecule has 20 heavy (non-hydrogen) atoms. The number of benzene rings is 1. The molecule has 2 N–H and O–H groups in total. The van der Waals surface area contributed by atoms with Gasteiger partial charge in [-0.05, 0) is 34.5 Å². The third kappa shape index (κ3) is 3.86. The molecule has 0 aliphatic carbocycles. The van der Waals surface area contributed by atoms with Gasteiger partial charge < -0.3 is 20.1 Å². The molecule has 110 valence electrons. The average molecular weight is 345 g/mol. The van der Waals surface area contributed by atoms with Crippen LogP contribution in [0, 0.1) is 0 Å². The number of aliphatic carboxylic acids is 1. The topological polar surface area (TPSA) is 78.9 Å². The highest BCUT2D eigenvalue weighted by Crippen LogP contribution is 2.27. The first kappa shape index (κ1) is 16.3. The number of ether oxygens (including phenoxy) is 1. The number of halogens is 1. The van der Waals surface area contributed by atoms with Crippen molar-refractivity contribution in [3.63, 3.8) is 0 Å². The van der Waals surface area contributed by atoms with Crippen LogP contribution in [0.25, 0.3) is 0 Å². The summed E-state index contributed by atoms with van der Waals surface area (Å²) in [6.07, 6.45) is 0.332. The van der Waals surface area contributed by atoms with Crippen LogP contribution in [0.15, 0.2) is 22.7 Å². The highest BCUT2D eigenvalue weighted by Gasteiger charge is 2.25. The fraction of sp³-hybridized carbons (Fsp3) is 0.385. The van der Waals surface area contributed by atoms with Gasteiger partial charge in [0, 0.05) is 17.6 Å². The molecule has 0 saturated carbocycles. The second-order valence-corrected chi connectivity index (χ2v) is 5.00. The summed E-state index contributed by atoms with van der Waals surface area (Å²) in [5, 5.41) is 11.7. The van der Waals surface area contributed by atoms with Gasteiger partial charge in [0.1, 0.15) is 11.8 Å². The van der Waals surface area contributed by atoms with E-state index in [-0.39, 0.29) is 0 Å². The highest BCUT2D eigenvalue weighted by molar-refractivity contribution is 9.10. The molecule has 7 heteroatoms. The Balaban J connectivity index is 2.87. The molecule has 1 rings (SSSR count). The van der Waals surface area contributed by atoms with Gasteiger partial charge in [-0.3, -0.25) is 0 Å². The quantitative estimate of drug-likeness (QED) is 0.860. The van der Waals surface area contributed by atoms with Crippen molar-refractivity contribution in [3.8, 4) is 5.75 Å². The lowest BCUT2D eigenvalue weighted by molar-refractivity contribution is -0.141. The maximum absolute atomic E-state index is 12.1. The lowest BCUT2D eigenvalue weighted by Gasteiger charge is -2.24. The van der Waals surface area contributed by atoms with Crippen molar-refractivity contribution in [1.29, 1.82) is 0 Å². The minimum absolute atomic E-state index is 0.332. The predicted molar refractivity (Wildman–Crippen MR) is 79.2 cm³/mol. The second-order valence-electron chi connectivity index (χ2n) is 4.15. The number of likely N-dealkylation sites (N-methyl/N-ethyl adjacent to an activating group) is 1. The van der Waals surface area contributed by atoms with E-state index in [0.29, 0.717) is 22.3 Å². The Morgan fingerprint density at radius 2 is 2.15 bits per heavy atom. The number of carboxylic acids is 1. The number of rotatable bonds is 5. The third-order valence-electron chi connectivity index (χ3n) is 2.87. The van der Waals surface area contributed by atoms with E-state index in [9.17, 15) is 9.59 Å². The van der Waals surface area contributed by atoms with Crippen LogP contribution >= 0.6 is 15.9 Å². The van der Waals surface area contributed by atoms with Gasteiger partial charge in [0.25, 0.3) is 0 Å². The molecule has 1 aromatic rings. The Hall–Kier alpha value is -1.76. The molecule has 0 saturated heterocycles. The van der Waals surface area contributed by atoms with Gasteiger partial charge in [-0.1, -0.05) is 6.92 Å². The number of carbonyl (C=O) groups excluding carboxylic acids is 1. The van der Waals surface area contributed by atoms with Crippen LogP contribution in [0.5, 0.6) is 5.75 Å². The Labute approximate surface area is 125 Å². The van der Waals surface area contributed by atoms with Gasteiger partial charge in [-0.25, -0.2) is 9.59 Å². The normalized spacial score (nSPS) is 11.6. The van der Waals surface area contributed by atoms with Crippen LogP contribution in [-0.4, -0.2) is 42.2 Å². The largest absolute Gasteiger partial charge is 0.497 e. The first-order chi connectivity index (χ1) is 9.40. The molecule has 0 bridgehead atoms. The summed E-state index contributed by atoms with van der Waals surface area (Å²) in [4.78, 5) is 24.3. The molecule has 0 aliphatic rings. The highest BCUT2D eigenvalue weighted by atomic mass is 79.9. The molecule has 1 aromatic carbocycles. The average Bonchev–Trinajstić information content (AvgIpc) is 2.41. The molecule has 1 unspecified atom stereocenters. The van der Waals surface area contributed by atoms with E-state index in [2.05, 4.69) is 21.2 Å². The van der Waals surface area contributed by atoms with E-state index in [0.717, 1.165) is 4.90 Å². The van der Waals surface area contributed by atoms with Gasteiger partial charge in [0.05, 0.1) is 12.8 Å². The second kappa shape index (κ2) is 7.14. The molecule has 0 spiro atoms. The molecule has 6 nitrogen and oxygen atoms in total. The lowest BCUT2D eigenvalue weighted by Crippen LogP contribution is -2.44. The first-order valence-corrected chi connectivity index (χ1v) is 6.80. The molecule has 0 aliphatic heterocycles. The van der Waals surface area contributed by atoms with E-state index in [1.54, 1.807) is 25.1 Å². The Morgan fingerprint density at radius 3 is 2.65 bits per heavy atom. The Morgan fingerprint density at radius 1 is 1.50 bits per heavy atom. The van der Waals surface area contributed by atoms with Crippen molar-refractivity contribution < 1.29 is 19.4 Å². The van der Waals surface area contributed by atoms with Crippen molar-refractivity contribution in [2.24, 2.45) is 0 Å². The fourth-order valence-corrected chi connectivity index (χ4v) is 2.03. The Kier molecular flexibility index (Phi) is 5.82. The number of nitrogens with zero attached hydrogens (tertiary/aromatic N) is 1. The van der Waals surface area contributed by atoms with Crippen LogP contribution in [0.1, 0.15) is 13.3 Å². The number of hydrogen-bond donors (Lipinski definition) is 2. The van der Waals surface area contributed by atoms with Crippen molar-refractivity contribution in [1.82, 2.24) is 4.90 Å². The van der Waals surface area contributed by atoms with Crippen LogP contribution < -0.4 is 10.1 Å². The number of methoxy groups -OCH3 is 1. The standard InChI is InChI=1S/C13H17BrN2O4/c1-4-11(12(17)18)16(2)13(19)15-10-7-8(20-3)5-6-9(10)14/h5-7,11H,4H2,1-3H3,(H,15,19)(H,17,18). The number of carbonyl (C=O) groups is 2. The smallest absolute Gasteiger partial charge is 0.326 e. The van der Waals surface area contributed by atoms with Gasteiger partial charge in [-0.2, -0.15) is 0 Å². The molecular formula is C13H17BrN2O4. The summed E-state index contributed by atoms with van der Waals surface area (Å²) in [7, 11) is 2.98. The molecular weight excluding hydrogens is 328 g/mol. The summed E-state index contributed by atoms with van der Waals surface area (Å²) in [6, 6.07) is 3.78. The van der Waals surface area contributed by atoms with E-state index >= 15 is 0 Å². The maximum Gasteiger partial charge on any atom is 0.326 e. The van der Waals surface area contributed by atoms with Gasteiger partial charge in [-0.15, -0.1) is 0 Å². The van der Waals surface area contributed by atoms with E-state index in [1.807, 2.05) is 0 Å².